The Kier molecular flexibility index (Phi) is 6.33. The van der Waals surface area contributed by atoms with Crippen LogP contribution in [0.25, 0.3) is 0 Å². The van der Waals surface area contributed by atoms with E-state index in [0.717, 1.165) is 32.1 Å². The number of aliphatic imine (C=N–C) groups is 1. The second-order valence-corrected chi connectivity index (χ2v) is 5.99. The van der Waals surface area contributed by atoms with Crippen LogP contribution in [0.5, 0.6) is 0 Å². The molecule has 4 nitrogen and oxygen atoms in total. The van der Waals surface area contributed by atoms with Gasteiger partial charge in [0, 0.05) is 19.7 Å². The summed E-state index contributed by atoms with van der Waals surface area (Å²) in [5, 5.41) is 6.30. The molecule has 1 aromatic carbocycles. The third-order valence-electron chi connectivity index (χ3n) is 3.93. The Bertz CT molecular complexity index is 543. The molecule has 1 aliphatic rings. The van der Waals surface area contributed by atoms with E-state index in [1.165, 1.54) is 6.07 Å². The Labute approximate surface area is 136 Å². The number of nitrogens with zero attached hydrogens (tertiary/aromatic N) is 1. The molecule has 1 atom stereocenters. The molecule has 0 spiro atoms. The van der Waals surface area contributed by atoms with Crippen molar-refractivity contribution in [1.82, 2.24) is 10.6 Å². The van der Waals surface area contributed by atoms with Crippen molar-refractivity contribution in [3.63, 3.8) is 0 Å². The third-order valence-corrected chi connectivity index (χ3v) is 3.93. The van der Waals surface area contributed by atoms with Crippen LogP contribution >= 0.6 is 0 Å². The minimum absolute atomic E-state index is 0.197. The smallest absolute Gasteiger partial charge is 0.191 e. The molecule has 2 rings (SSSR count). The fourth-order valence-electron chi connectivity index (χ4n) is 2.61. The summed E-state index contributed by atoms with van der Waals surface area (Å²) in [6, 6.07) is 4.24. The summed E-state index contributed by atoms with van der Waals surface area (Å²) >= 11 is 0. The standard InChI is InChI=1S/C17H25F2N3O/c1-3-20-16(22-12-17(2)9-5-11-23-17)21-10-8-13-6-4-7-14(18)15(13)19/h4,6-7H,3,5,8-12H2,1-2H3,(H2,20,21,22). The highest BCUT2D eigenvalue weighted by Gasteiger charge is 2.29. The van der Waals surface area contributed by atoms with E-state index in [1.54, 1.807) is 6.07 Å². The number of halogens is 2. The first-order chi connectivity index (χ1) is 11.0. The van der Waals surface area contributed by atoms with Gasteiger partial charge in [-0.3, -0.25) is 4.99 Å². The zero-order chi connectivity index (χ0) is 16.7. The number of guanidine groups is 1. The van der Waals surface area contributed by atoms with E-state index in [-0.39, 0.29) is 5.60 Å². The van der Waals surface area contributed by atoms with Crippen LogP contribution in [0.2, 0.25) is 0 Å². The van der Waals surface area contributed by atoms with E-state index >= 15 is 0 Å². The van der Waals surface area contributed by atoms with Crippen molar-refractivity contribution in [2.75, 3.05) is 26.2 Å². The maximum atomic E-state index is 13.6. The molecular weight excluding hydrogens is 300 g/mol. The molecule has 0 aromatic heterocycles. The Balaban J connectivity index is 1.88. The van der Waals surface area contributed by atoms with Crippen LogP contribution in [-0.4, -0.2) is 37.8 Å². The van der Waals surface area contributed by atoms with Crippen LogP contribution in [0.15, 0.2) is 23.2 Å². The molecule has 0 radical (unpaired) electrons. The number of rotatable bonds is 6. The van der Waals surface area contributed by atoms with Crippen molar-refractivity contribution in [1.29, 1.82) is 0 Å². The van der Waals surface area contributed by atoms with E-state index < -0.39 is 11.6 Å². The summed E-state index contributed by atoms with van der Waals surface area (Å²) < 4.78 is 32.5. The van der Waals surface area contributed by atoms with Crippen LogP contribution in [0.3, 0.4) is 0 Å². The minimum atomic E-state index is -0.811. The number of hydrogen-bond acceptors (Lipinski definition) is 2. The number of hydrogen-bond donors (Lipinski definition) is 2. The van der Waals surface area contributed by atoms with E-state index in [9.17, 15) is 8.78 Å². The summed E-state index contributed by atoms with van der Waals surface area (Å²) in [4.78, 5) is 4.54. The molecular formula is C17H25F2N3O. The highest BCUT2D eigenvalue weighted by molar-refractivity contribution is 5.79. The first kappa shape index (κ1) is 17.7. The lowest BCUT2D eigenvalue weighted by Gasteiger charge is -2.21. The maximum Gasteiger partial charge on any atom is 0.191 e. The molecule has 0 bridgehead atoms. The van der Waals surface area contributed by atoms with Crippen molar-refractivity contribution in [2.45, 2.75) is 38.7 Å². The largest absolute Gasteiger partial charge is 0.373 e. The van der Waals surface area contributed by atoms with Gasteiger partial charge in [-0.05, 0) is 44.7 Å². The highest BCUT2D eigenvalue weighted by Crippen LogP contribution is 2.24. The first-order valence-corrected chi connectivity index (χ1v) is 8.13. The summed E-state index contributed by atoms with van der Waals surface area (Å²) in [5.74, 6) is -0.918. The molecule has 1 aliphatic heterocycles. The number of nitrogens with one attached hydrogen (secondary N) is 2. The SMILES string of the molecule is CCNC(=NCC1(C)CCCO1)NCCc1cccc(F)c1F. The second-order valence-electron chi connectivity index (χ2n) is 5.99. The van der Waals surface area contributed by atoms with Crippen molar-refractivity contribution in [3.8, 4) is 0 Å². The monoisotopic (exact) mass is 325 g/mol. The van der Waals surface area contributed by atoms with Gasteiger partial charge in [-0.25, -0.2) is 8.78 Å². The predicted octanol–water partition coefficient (Wildman–Crippen LogP) is 2.63. The summed E-state index contributed by atoms with van der Waals surface area (Å²) in [6.45, 7) is 6.62. The van der Waals surface area contributed by atoms with Gasteiger partial charge in [0.1, 0.15) is 0 Å². The molecule has 6 heteroatoms. The van der Waals surface area contributed by atoms with Gasteiger partial charge in [-0.1, -0.05) is 12.1 Å². The first-order valence-electron chi connectivity index (χ1n) is 8.13. The molecule has 128 valence electrons. The molecule has 1 fully saturated rings. The predicted molar refractivity (Wildman–Crippen MR) is 87.6 cm³/mol. The van der Waals surface area contributed by atoms with Crippen LogP contribution in [0, 0.1) is 11.6 Å². The number of benzene rings is 1. The lowest BCUT2D eigenvalue weighted by molar-refractivity contribution is 0.0283. The molecule has 1 saturated heterocycles. The molecule has 1 heterocycles. The third kappa shape index (κ3) is 5.16. The van der Waals surface area contributed by atoms with Gasteiger partial charge in [0.15, 0.2) is 17.6 Å². The molecule has 0 amide bonds. The van der Waals surface area contributed by atoms with Crippen LogP contribution in [-0.2, 0) is 11.2 Å². The van der Waals surface area contributed by atoms with Crippen molar-refractivity contribution >= 4 is 5.96 Å². The molecule has 1 unspecified atom stereocenters. The molecule has 0 aliphatic carbocycles. The lowest BCUT2D eigenvalue weighted by atomic mass is 10.0. The van der Waals surface area contributed by atoms with Gasteiger partial charge < -0.3 is 15.4 Å². The summed E-state index contributed by atoms with van der Waals surface area (Å²) in [5.41, 5.74) is 0.163. The maximum absolute atomic E-state index is 13.6. The Hall–Kier alpha value is -1.69. The van der Waals surface area contributed by atoms with Crippen LogP contribution in [0.1, 0.15) is 32.3 Å². The quantitative estimate of drug-likeness (QED) is 0.624. The Morgan fingerprint density at radius 3 is 2.87 bits per heavy atom. The number of ether oxygens (including phenoxy) is 1. The van der Waals surface area contributed by atoms with Crippen molar-refractivity contribution in [3.05, 3.63) is 35.4 Å². The summed E-state index contributed by atoms with van der Waals surface area (Å²) in [6.07, 6.45) is 2.46. The van der Waals surface area contributed by atoms with Gasteiger partial charge >= 0.3 is 0 Å². The van der Waals surface area contributed by atoms with E-state index in [2.05, 4.69) is 22.5 Å². The van der Waals surface area contributed by atoms with Gasteiger partial charge in [0.05, 0.1) is 12.1 Å². The summed E-state index contributed by atoms with van der Waals surface area (Å²) in [7, 11) is 0. The zero-order valence-electron chi connectivity index (χ0n) is 13.8. The van der Waals surface area contributed by atoms with E-state index in [4.69, 9.17) is 4.74 Å². The van der Waals surface area contributed by atoms with Crippen molar-refractivity contribution < 1.29 is 13.5 Å². The molecule has 23 heavy (non-hydrogen) atoms. The average Bonchev–Trinajstić information content (AvgIpc) is 2.96. The van der Waals surface area contributed by atoms with E-state index in [1.807, 2.05) is 6.92 Å². The lowest BCUT2D eigenvalue weighted by Crippen LogP contribution is -2.40. The molecule has 1 aromatic rings. The highest BCUT2D eigenvalue weighted by atomic mass is 19.2. The normalized spacial score (nSPS) is 21.5. The van der Waals surface area contributed by atoms with Gasteiger partial charge in [0.2, 0.25) is 0 Å². The van der Waals surface area contributed by atoms with E-state index in [0.29, 0.717) is 31.0 Å². The fourth-order valence-corrected chi connectivity index (χ4v) is 2.61. The van der Waals surface area contributed by atoms with Crippen LogP contribution < -0.4 is 10.6 Å². The average molecular weight is 325 g/mol. The van der Waals surface area contributed by atoms with Gasteiger partial charge in [-0.15, -0.1) is 0 Å². The van der Waals surface area contributed by atoms with Crippen LogP contribution in [0.4, 0.5) is 8.78 Å². The minimum Gasteiger partial charge on any atom is -0.373 e. The zero-order valence-corrected chi connectivity index (χ0v) is 13.8. The topological polar surface area (TPSA) is 45.7 Å². The van der Waals surface area contributed by atoms with Gasteiger partial charge in [0.25, 0.3) is 0 Å². The molecule has 0 saturated carbocycles. The Morgan fingerprint density at radius 2 is 2.17 bits per heavy atom. The fraction of sp³-hybridized carbons (Fsp3) is 0.588. The van der Waals surface area contributed by atoms with Crippen molar-refractivity contribution in [2.24, 2.45) is 4.99 Å². The Morgan fingerprint density at radius 1 is 1.35 bits per heavy atom. The second kappa shape index (κ2) is 8.24. The molecule has 2 N–H and O–H groups in total. The van der Waals surface area contributed by atoms with Gasteiger partial charge in [-0.2, -0.15) is 0 Å².